The summed E-state index contributed by atoms with van der Waals surface area (Å²) in [6.07, 6.45) is 8.95. The molecule has 0 radical (unpaired) electrons. The van der Waals surface area contributed by atoms with Gasteiger partial charge in [-0.05, 0) is 48.7 Å². The predicted octanol–water partition coefficient (Wildman–Crippen LogP) is 2.67. The highest BCUT2D eigenvalue weighted by atomic mass is 19.1. The molecule has 4 aliphatic rings. The normalized spacial score (nSPS) is 51.5. The monoisotopic (exact) mass is 317 g/mol. The van der Waals surface area contributed by atoms with Gasteiger partial charge in [-0.3, -0.25) is 4.79 Å². The molecule has 0 aliphatic heterocycles. The number of carbonyl (C=O) groups excluding carboxylic acids is 1. The first-order chi connectivity index (χ1) is 10.8. The van der Waals surface area contributed by atoms with Crippen LogP contribution in [0.4, 0.5) is 4.39 Å². The molecule has 0 amide bonds. The molecule has 7 atom stereocenters. The number of aliphatic hydroxyl groups excluding tert-OH is 1. The van der Waals surface area contributed by atoms with Crippen LogP contribution in [0, 0.1) is 28.6 Å². The van der Waals surface area contributed by atoms with Gasteiger partial charge < -0.3 is 10.8 Å². The van der Waals surface area contributed by atoms with E-state index in [1.165, 1.54) is 0 Å². The van der Waals surface area contributed by atoms with E-state index in [1.807, 2.05) is 13.0 Å². The maximum Gasteiger partial charge on any atom is 0.159 e. The quantitative estimate of drug-likeness (QED) is 0.675. The van der Waals surface area contributed by atoms with E-state index < -0.39 is 12.1 Å². The average molecular weight is 317 g/mol. The van der Waals surface area contributed by atoms with E-state index in [0.29, 0.717) is 6.42 Å². The number of nitrogens with two attached hydrogens (primary N) is 1. The van der Waals surface area contributed by atoms with E-state index in [1.54, 1.807) is 12.2 Å². The number of hydrogen-bond acceptors (Lipinski definition) is 3. The largest absolute Gasteiger partial charge is 0.389 e. The van der Waals surface area contributed by atoms with Gasteiger partial charge in [-0.1, -0.05) is 31.6 Å². The molecule has 4 heteroatoms. The zero-order valence-electron chi connectivity index (χ0n) is 13.6. The minimum absolute atomic E-state index is 0.0825. The van der Waals surface area contributed by atoms with Gasteiger partial charge in [0.15, 0.2) is 5.78 Å². The molecule has 1 saturated carbocycles. The van der Waals surface area contributed by atoms with Crippen molar-refractivity contribution in [2.45, 2.75) is 45.3 Å². The Morgan fingerprint density at radius 2 is 2.13 bits per heavy atom. The molecular formula is C19H24FNO2. The number of aliphatic hydroxyl groups is 1. The van der Waals surface area contributed by atoms with Crippen molar-refractivity contribution in [2.75, 3.05) is 0 Å². The van der Waals surface area contributed by atoms with Gasteiger partial charge in [0.1, 0.15) is 5.83 Å². The summed E-state index contributed by atoms with van der Waals surface area (Å²) >= 11 is 0. The van der Waals surface area contributed by atoms with Crippen LogP contribution in [0.1, 0.15) is 33.1 Å². The summed E-state index contributed by atoms with van der Waals surface area (Å²) in [5.74, 6) is -0.356. The maximum atomic E-state index is 14.2. The van der Waals surface area contributed by atoms with E-state index in [0.717, 1.165) is 18.4 Å². The van der Waals surface area contributed by atoms with Crippen LogP contribution in [-0.2, 0) is 4.79 Å². The molecular weight excluding hydrogens is 293 g/mol. The van der Waals surface area contributed by atoms with Crippen molar-refractivity contribution in [2.24, 2.45) is 34.3 Å². The van der Waals surface area contributed by atoms with Gasteiger partial charge in [0.05, 0.1) is 12.1 Å². The molecule has 0 aromatic rings. The molecule has 0 saturated heterocycles. The summed E-state index contributed by atoms with van der Waals surface area (Å²) < 4.78 is 14.2. The fraction of sp³-hybridized carbons (Fsp3) is 0.632. The predicted molar refractivity (Wildman–Crippen MR) is 85.9 cm³/mol. The number of allylic oxidation sites excluding steroid dienone is 3. The van der Waals surface area contributed by atoms with Crippen molar-refractivity contribution >= 4 is 5.78 Å². The summed E-state index contributed by atoms with van der Waals surface area (Å²) in [4.78, 5) is 12.9. The Labute approximate surface area is 136 Å². The molecule has 4 rings (SSSR count). The Morgan fingerprint density at radius 3 is 2.87 bits per heavy atom. The second-order valence-corrected chi connectivity index (χ2v) is 8.22. The van der Waals surface area contributed by atoms with Crippen molar-refractivity contribution in [3.05, 3.63) is 35.7 Å². The van der Waals surface area contributed by atoms with Crippen LogP contribution < -0.4 is 5.73 Å². The first kappa shape index (κ1) is 15.3. The van der Waals surface area contributed by atoms with Gasteiger partial charge in [0, 0.05) is 11.3 Å². The van der Waals surface area contributed by atoms with Gasteiger partial charge in [0.2, 0.25) is 0 Å². The molecule has 23 heavy (non-hydrogen) atoms. The SMILES string of the molecule is C[C@]12C=CC(O)CC1=CC(=O)C1[C@H]2CC[C@]2(C)C(N)C(F)=C[C@@H]12. The van der Waals surface area contributed by atoms with Gasteiger partial charge in [-0.2, -0.15) is 0 Å². The van der Waals surface area contributed by atoms with E-state index in [9.17, 15) is 14.3 Å². The van der Waals surface area contributed by atoms with Crippen LogP contribution in [0.2, 0.25) is 0 Å². The third-order valence-corrected chi connectivity index (χ3v) is 7.12. The smallest absolute Gasteiger partial charge is 0.159 e. The third kappa shape index (κ3) is 1.85. The lowest BCUT2D eigenvalue weighted by Crippen LogP contribution is -2.54. The van der Waals surface area contributed by atoms with Gasteiger partial charge in [-0.25, -0.2) is 4.39 Å². The van der Waals surface area contributed by atoms with Crippen LogP contribution in [0.5, 0.6) is 0 Å². The fourth-order valence-corrected chi connectivity index (χ4v) is 5.54. The molecule has 1 fully saturated rings. The van der Waals surface area contributed by atoms with Crippen molar-refractivity contribution < 1.29 is 14.3 Å². The number of carbonyl (C=O) groups is 1. The van der Waals surface area contributed by atoms with E-state index in [4.69, 9.17) is 5.73 Å². The summed E-state index contributed by atoms with van der Waals surface area (Å²) in [7, 11) is 0. The highest BCUT2D eigenvalue weighted by Gasteiger charge is 2.60. The lowest BCUT2D eigenvalue weighted by atomic mass is 9.48. The second-order valence-electron chi connectivity index (χ2n) is 8.22. The molecule has 0 aromatic carbocycles. The van der Waals surface area contributed by atoms with Crippen molar-refractivity contribution in [3.63, 3.8) is 0 Å². The molecule has 3 unspecified atom stereocenters. The van der Waals surface area contributed by atoms with Gasteiger partial charge >= 0.3 is 0 Å². The van der Waals surface area contributed by atoms with Gasteiger partial charge in [0.25, 0.3) is 0 Å². The first-order valence-electron chi connectivity index (χ1n) is 8.52. The second kappa shape index (κ2) is 4.64. The van der Waals surface area contributed by atoms with Crippen molar-refractivity contribution in [3.8, 4) is 0 Å². The standard InChI is InChI=1S/C19H24FNO2/c1-18-5-3-11(22)7-10(18)8-15(23)16-12(18)4-6-19(2)13(16)9-14(20)17(19)21/h3,5,8-9,11-13,16-17,22H,4,6-7,21H2,1-2H3/t11?,12-,13+,16?,17?,18+,19+/m1/s1. The van der Waals surface area contributed by atoms with Crippen LogP contribution >= 0.6 is 0 Å². The fourth-order valence-electron chi connectivity index (χ4n) is 5.54. The zero-order valence-corrected chi connectivity index (χ0v) is 13.6. The maximum absolute atomic E-state index is 14.2. The van der Waals surface area contributed by atoms with Crippen LogP contribution in [-0.4, -0.2) is 23.0 Å². The number of hydrogen-bond donors (Lipinski definition) is 2. The van der Waals surface area contributed by atoms with Crippen LogP contribution in [0.25, 0.3) is 0 Å². The minimum Gasteiger partial charge on any atom is -0.389 e. The zero-order chi connectivity index (χ0) is 16.6. The molecule has 4 aliphatic carbocycles. The summed E-state index contributed by atoms with van der Waals surface area (Å²) in [6.45, 7) is 4.18. The van der Waals surface area contributed by atoms with E-state index in [-0.39, 0.29) is 40.2 Å². The Morgan fingerprint density at radius 1 is 1.39 bits per heavy atom. The lowest BCUT2D eigenvalue weighted by Gasteiger charge is -2.55. The number of ketones is 1. The molecule has 0 aromatic heterocycles. The van der Waals surface area contributed by atoms with Crippen LogP contribution in [0.3, 0.4) is 0 Å². The average Bonchev–Trinajstić information content (AvgIpc) is 2.73. The molecule has 124 valence electrons. The number of fused-ring (bicyclic) bond motifs is 5. The number of rotatable bonds is 0. The Hall–Kier alpha value is -1.26. The van der Waals surface area contributed by atoms with E-state index in [2.05, 4.69) is 13.0 Å². The molecule has 3 nitrogen and oxygen atoms in total. The van der Waals surface area contributed by atoms with Crippen molar-refractivity contribution in [1.29, 1.82) is 0 Å². The highest BCUT2D eigenvalue weighted by Crippen LogP contribution is 2.62. The molecule has 0 heterocycles. The first-order valence-corrected chi connectivity index (χ1v) is 8.52. The Bertz CT molecular complexity index is 666. The van der Waals surface area contributed by atoms with Crippen LogP contribution in [0.15, 0.2) is 35.7 Å². The lowest BCUT2D eigenvalue weighted by molar-refractivity contribution is -0.129. The third-order valence-electron chi connectivity index (χ3n) is 7.12. The van der Waals surface area contributed by atoms with E-state index >= 15 is 0 Å². The molecule has 0 bridgehead atoms. The molecule has 3 N–H and O–H groups in total. The molecule has 0 spiro atoms. The van der Waals surface area contributed by atoms with Crippen molar-refractivity contribution in [1.82, 2.24) is 0 Å². The number of halogens is 1. The summed E-state index contributed by atoms with van der Waals surface area (Å²) in [5.41, 5.74) is 6.55. The summed E-state index contributed by atoms with van der Waals surface area (Å²) in [6, 6.07) is -0.594. The highest BCUT2D eigenvalue weighted by molar-refractivity contribution is 5.95. The van der Waals surface area contributed by atoms with Gasteiger partial charge in [-0.15, -0.1) is 0 Å². The Balaban J connectivity index is 1.81. The minimum atomic E-state index is -0.594. The summed E-state index contributed by atoms with van der Waals surface area (Å²) in [5, 5.41) is 9.89. The Kier molecular flexibility index (Phi) is 3.08. The topological polar surface area (TPSA) is 63.3 Å².